The third-order valence-electron chi connectivity index (χ3n) is 6.41. The van der Waals surface area contributed by atoms with Crippen LogP contribution >= 0.6 is 0 Å². The summed E-state index contributed by atoms with van der Waals surface area (Å²) in [4.78, 5) is 24.7. The van der Waals surface area contributed by atoms with Gasteiger partial charge in [0.2, 0.25) is 6.79 Å². The van der Waals surface area contributed by atoms with Crippen LogP contribution in [-0.2, 0) is 4.79 Å². The van der Waals surface area contributed by atoms with Crippen molar-refractivity contribution < 1.29 is 38.4 Å². The van der Waals surface area contributed by atoms with Crippen molar-refractivity contribution in [3.05, 3.63) is 77.4 Å². The zero-order chi connectivity index (χ0) is 26.2. The van der Waals surface area contributed by atoms with E-state index >= 15 is 0 Å². The highest BCUT2D eigenvalue weighted by molar-refractivity contribution is 5.87. The van der Waals surface area contributed by atoms with Crippen molar-refractivity contribution in [3.8, 4) is 28.7 Å². The smallest absolute Gasteiger partial charge is 0.335 e. The Kier molecular flexibility index (Phi) is 6.29. The highest BCUT2D eigenvalue weighted by Crippen LogP contribution is 2.43. The van der Waals surface area contributed by atoms with Gasteiger partial charge in [0.15, 0.2) is 17.1 Å². The third-order valence-corrected chi connectivity index (χ3v) is 6.41. The molecule has 2 aliphatic rings. The minimum atomic E-state index is -1.20. The first-order valence-corrected chi connectivity index (χ1v) is 11.8. The molecule has 9 heteroatoms. The lowest BCUT2D eigenvalue weighted by atomic mass is 9.91. The maximum atomic E-state index is 13.4. The molecule has 3 aromatic carbocycles. The zero-order valence-electron chi connectivity index (χ0n) is 20.6. The minimum absolute atomic E-state index is 0.150. The summed E-state index contributed by atoms with van der Waals surface area (Å²) in [6, 6.07) is 16.8. The van der Waals surface area contributed by atoms with Gasteiger partial charge in [0.1, 0.15) is 23.4 Å². The van der Waals surface area contributed by atoms with Gasteiger partial charge in [0.05, 0.1) is 18.7 Å². The third kappa shape index (κ3) is 4.97. The van der Waals surface area contributed by atoms with Crippen molar-refractivity contribution in [3.63, 3.8) is 0 Å². The number of rotatable bonds is 7. The minimum Gasteiger partial charge on any atom is -0.497 e. The summed E-state index contributed by atoms with van der Waals surface area (Å²) in [5.41, 5.74) is 0.603. The summed E-state index contributed by atoms with van der Waals surface area (Å²) >= 11 is 0. The van der Waals surface area contributed by atoms with E-state index in [2.05, 4.69) is 5.32 Å². The Morgan fingerprint density at radius 2 is 1.65 bits per heavy atom. The van der Waals surface area contributed by atoms with Gasteiger partial charge >= 0.3 is 5.97 Å². The molecule has 0 aromatic heterocycles. The number of aromatic carboxylic acids is 1. The largest absolute Gasteiger partial charge is 0.497 e. The van der Waals surface area contributed by atoms with E-state index in [1.54, 1.807) is 57.4 Å². The van der Waals surface area contributed by atoms with E-state index < -0.39 is 17.7 Å². The number of hydrogen-bond acceptors (Lipinski definition) is 7. The molecule has 1 amide bonds. The van der Waals surface area contributed by atoms with Crippen molar-refractivity contribution >= 4 is 11.9 Å². The molecule has 2 atom stereocenters. The van der Waals surface area contributed by atoms with Gasteiger partial charge < -0.3 is 34.1 Å². The molecule has 0 fully saturated rings. The second kappa shape index (κ2) is 9.57. The zero-order valence-corrected chi connectivity index (χ0v) is 20.6. The second-order valence-corrected chi connectivity index (χ2v) is 9.33. The summed E-state index contributed by atoms with van der Waals surface area (Å²) in [5, 5.41) is 12.3. The lowest BCUT2D eigenvalue weighted by Gasteiger charge is -2.35. The molecule has 0 unspecified atom stereocenters. The van der Waals surface area contributed by atoms with Gasteiger partial charge in [0.25, 0.3) is 5.91 Å². The molecule has 2 heterocycles. The lowest BCUT2D eigenvalue weighted by Crippen LogP contribution is -2.48. The average molecular weight is 506 g/mol. The number of carbonyl (C=O) groups is 2. The number of carboxylic acids is 1. The summed E-state index contributed by atoms with van der Waals surface area (Å²) < 4.78 is 28.4. The van der Waals surface area contributed by atoms with Gasteiger partial charge in [0, 0.05) is 24.1 Å². The second-order valence-electron chi connectivity index (χ2n) is 9.33. The summed E-state index contributed by atoms with van der Waals surface area (Å²) in [5.74, 6) is 1.58. The first kappa shape index (κ1) is 24.3. The van der Waals surface area contributed by atoms with E-state index in [-0.39, 0.29) is 24.3 Å². The highest BCUT2D eigenvalue weighted by atomic mass is 16.7. The van der Waals surface area contributed by atoms with Crippen LogP contribution in [-0.4, -0.2) is 36.5 Å². The quantitative estimate of drug-likeness (QED) is 0.477. The van der Waals surface area contributed by atoms with Crippen LogP contribution in [0, 0.1) is 0 Å². The van der Waals surface area contributed by atoms with Crippen molar-refractivity contribution in [2.75, 3.05) is 13.9 Å². The van der Waals surface area contributed by atoms with Crippen LogP contribution in [0.1, 0.15) is 53.9 Å². The number of benzene rings is 3. The molecule has 0 saturated heterocycles. The van der Waals surface area contributed by atoms with Crippen molar-refractivity contribution in [2.45, 2.75) is 38.0 Å². The molecule has 192 valence electrons. The van der Waals surface area contributed by atoms with Crippen LogP contribution < -0.4 is 29.0 Å². The molecule has 0 saturated carbocycles. The van der Waals surface area contributed by atoms with Crippen LogP contribution in [0.25, 0.3) is 0 Å². The predicted molar refractivity (Wildman–Crippen MR) is 133 cm³/mol. The maximum absolute atomic E-state index is 13.4. The monoisotopic (exact) mass is 505 g/mol. The van der Waals surface area contributed by atoms with Gasteiger partial charge in [-0.05, 0) is 55.8 Å². The number of amides is 1. The Morgan fingerprint density at radius 1 is 0.946 bits per heavy atom. The van der Waals surface area contributed by atoms with Gasteiger partial charge in [-0.15, -0.1) is 0 Å². The number of ether oxygens (including phenoxy) is 5. The number of fused-ring (bicyclic) bond motifs is 2. The van der Waals surface area contributed by atoms with Crippen LogP contribution in [0.3, 0.4) is 0 Å². The van der Waals surface area contributed by atoms with Crippen LogP contribution in [0.4, 0.5) is 0 Å². The highest BCUT2D eigenvalue weighted by Gasteiger charge is 2.36. The number of carboxylic acid groups (broad SMARTS) is 1. The van der Waals surface area contributed by atoms with E-state index in [0.29, 0.717) is 35.2 Å². The summed E-state index contributed by atoms with van der Waals surface area (Å²) in [7, 11) is 1.57. The Hall–Kier alpha value is -4.40. The Bertz CT molecular complexity index is 1330. The molecule has 2 N–H and O–H groups in total. The number of nitrogens with one attached hydrogen (secondary N) is 1. The van der Waals surface area contributed by atoms with Crippen LogP contribution in [0.5, 0.6) is 28.7 Å². The lowest BCUT2D eigenvalue weighted by molar-refractivity contribution is -0.135. The number of hydrogen-bond donors (Lipinski definition) is 2. The van der Waals surface area contributed by atoms with E-state index in [1.807, 2.05) is 12.1 Å². The maximum Gasteiger partial charge on any atom is 0.335 e. The molecular weight excluding hydrogens is 478 g/mol. The van der Waals surface area contributed by atoms with Crippen LogP contribution in [0.2, 0.25) is 0 Å². The molecule has 0 bridgehead atoms. The Morgan fingerprint density at radius 3 is 2.38 bits per heavy atom. The molecule has 0 radical (unpaired) electrons. The molecule has 0 aliphatic carbocycles. The predicted octanol–water partition coefficient (Wildman–Crippen LogP) is 4.66. The summed E-state index contributed by atoms with van der Waals surface area (Å²) in [6.07, 6.45) is 0.0306. The average Bonchev–Trinajstić information content (AvgIpc) is 3.36. The summed E-state index contributed by atoms with van der Waals surface area (Å²) in [6.45, 7) is 3.55. The molecule has 37 heavy (non-hydrogen) atoms. The standard InChI is InChI=1S/C28H27NO8/c1-28(2,37-19-9-11-22-25(13-19)35-15-34-22)27(32)29-21-14-23(16-4-6-17(7-5-16)26(30)31)36-24-12-18(33-3)8-10-20(21)24/h4-13,21,23H,14-15H2,1-3H3,(H,29,32)(H,30,31)/t21-,23-/m1/s1. The molecule has 3 aromatic rings. The van der Waals surface area contributed by atoms with Crippen molar-refractivity contribution in [1.82, 2.24) is 5.32 Å². The topological polar surface area (TPSA) is 113 Å². The van der Waals surface area contributed by atoms with Crippen molar-refractivity contribution in [1.29, 1.82) is 0 Å². The fourth-order valence-corrected chi connectivity index (χ4v) is 4.37. The Balaban J connectivity index is 1.38. The van der Waals surface area contributed by atoms with Gasteiger partial charge in [-0.2, -0.15) is 0 Å². The molecule has 2 aliphatic heterocycles. The fourth-order valence-electron chi connectivity index (χ4n) is 4.37. The van der Waals surface area contributed by atoms with Crippen molar-refractivity contribution in [2.24, 2.45) is 0 Å². The fraction of sp³-hybridized carbons (Fsp3) is 0.286. The Labute approximate surface area is 213 Å². The molecule has 5 rings (SSSR count). The number of methoxy groups -OCH3 is 1. The van der Waals surface area contributed by atoms with E-state index in [1.165, 1.54) is 12.1 Å². The first-order valence-electron chi connectivity index (χ1n) is 11.8. The van der Waals surface area contributed by atoms with Gasteiger partial charge in [-0.1, -0.05) is 12.1 Å². The molecular formula is C28H27NO8. The van der Waals surface area contributed by atoms with E-state index in [0.717, 1.165) is 11.1 Å². The number of carbonyl (C=O) groups excluding carboxylic acids is 1. The van der Waals surface area contributed by atoms with Gasteiger partial charge in [-0.3, -0.25) is 4.79 Å². The van der Waals surface area contributed by atoms with Gasteiger partial charge in [-0.25, -0.2) is 4.79 Å². The van der Waals surface area contributed by atoms with E-state index in [9.17, 15) is 14.7 Å². The molecule has 9 nitrogen and oxygen atoms in total. The van der Waals surface area contributed by atoms with E-state index in [4.69, 9.17) is 23.7 Å². The first-order chi connectivity index (χ1) is 17.7. The SMILES string of the molecule is COc1ccc2c(c1)O[C@@H](c1ccc(C(=O)O)cc1)C[C@H]2NC(=O)C(C)(C)Oc1ccc2c(c1)OCO2. The normalized spacial score (nSPS) is 17.8. The molecule has 0 spiro atoms. The van der Waals surface area contributed by atoms with Crippen LogP contribution in [0.15, 0.2) is 60.7 Å².